The molecule has 1 amide bonds. The van der Waals surface area contributed by atoms with Gasteiger partial charge in [-0.3, -0.25) is 4.79 Å². The number of benzene rings is 1. The lowest BCUT2D eigenvalue weighted by Crippen LogP contribution is -2.60. The van der Waals surface area contributed by atoms with E-state index in [9.17, 15) is 9.59 Å². The maximum Gasteiger partial charge on any atom is 0.338 e. The number of esters is 1. The molecule has 1 aromatic rings. The average molecular weight is 341 g/mol. The van der Waals surface area contributed by atoms with Crippen LogP contribution >= 0.6 is 0 Å². The van der Waals surface area contributed by atoms with Crippen molar-refractivity contribution in [2.75, 3.05) is 6.61 Å². The Kier molecular flexibility index (Phi) is 4.09. The zero-order valence-corrected chi connectivity index (χ0v) is 15.1. The van der Waals surface area contributed by atoms with Crippen LogP contribution in [0.15, 0.2) is 18.2 Å². The quantitative estimate of drug-likeness (QED) is 0.852. The summed E-state index contributed by atoms with van der Waals surface area (Å²) in [6.07, 6.45) is 7.35. The largest absolute Gasteiger partial charge is 0.452 e. The summed E-state index contributed by atoms with van der Waals surface area (Å²) < 4.78 is 5.27. The maximum atomic E-state index is 12.4. The minimum absolute atomic E-state index is 0.0297. The number of nitrogens with one attached hydrogen (secondary N) is 1. The first-order chi connectivity index (χ1) is 11.9. The molecular formula is C21H27NO3. The van der Waals surface area contributed by atoms with Gasteiger partial charge in [-0.2, -0.15) is 0 Å². The molecule has 5 rings (SSSR count). The number of rotatable bonds is 4. The van der Waals surface area contributed by atoms with Crippen molar-refractivity contribution in [2.24, 2.45) is 17.8 Å². The van der Waals surface area contributed by atoms with E-state index in [1.165, 1.54) is 19.3 Å². The Morgan fingerprint density at radius 1 is 1.08 bits per heavy atom. The second-order valence-electron chi connectivity index (χ2n) is 8.64. The van der Waals surface area contributed by atoms with Crippen LogP contribution < -0.4 is 5.32 Å². The Bertz CT molecular complexity index is 674. The van der Waals surface area contributed by atoms with Gasteiger partial charge in [0.05, 0.1) is 5.56 Å². The van der Waals surface area contributed by atoms with Crippen LogP contribution in [0.25, 0.3) is 0 Å². The fraction of sp³-hybridized carbons (Fsp3) is 0.619. The van der Waals surface area contributed by atoms with Crippen LogP contribution in [0.2, 0.25) is 0 Å². The summed E-state index contributed by atoms with van der Waals surface area (Å²) in [6.45, 7) is 3.69. The lowest BCUT2D eigenvalue weighted by molar-refractivity contribution is -0.130. The summed E-state index contributed by atoms with van der Waals surface area (Å²) in [5.74, 6) is 1.77. The summed E-state index contributed by atoms with van der Waals surface area (Å²) >= 11 is 0. The van der Waals surface area contributed by atoms with Crippen LogP contribution in [0.5, 0.6) is 0 Å². The van der Waals surface area contributed by atoms with Gasteiger partial charge in [-0.15, -0.1) is 0 Å². The second kappa shape index (κ2) is 6.15. The maximum absolute atomic E-state index is 12.4. The normalized spacial score (nSPS) is 32.5. The van der Waals surface area contributed by atoms with Crippen molar-refractivity contribution >= 4 is 11.9 Å². The minimum Gasteiger partial charge on any atom is -0.452 e. The Morgan fingerprint density at radius 2 is 1.68 bits per heavy atom. The summed E-state index contributed by atoms with van der Waals surface area (Å²) in [5, 5.41) is 3.24. The highest BCUT2D eigenvalue weighted by Gasteiger charge is 2.51. The molecule has 0 aromatic heterocycles. The Balaban J connectivity index is 1.34. The molecule has 4 aliphatic carbocycles. The first kappa shape index (κ1) is 16.6. The van der Waals surface area contributed by atoms with Gasteiger partial charge < -0.3 is 10.1 Å². The molecule has 25 heavy (non-hydrogen) atoms. The second-order valence-corrected chi connectivity index (χ2v) is 8.64. The van der Waals surface area contributed by atoms with Gasteiger partial charge in [-0.05, 0) is 81.8 Å². The third-order valence-electron chi connectivity index (χ3n) is 6.38. The molecule has 0 atom stereocenters. The molecule has 0 radical (unpaired) electrons. The zero-order valence-electron chi connectivity index (χ0n) is 15.1. The van der Waals surface area contributed by atoms with Crippen molar-refractivity contribution in [1.29, 1.82) is 0 Å². The topological polar surface area (TPSA) is 55.4 Å². The predicted molar refractivity (Wildman–Crippen MR) is 95.2 cm³/mol. The third-order valence-corrected chi connectivity index (χ3v) is 6.38. The van der Waals surface area contributed by atoms with Crippen LogP contribution in [0.3, 0.4) is 0 Å². The van der Waals surface area contributed by atoms with E-state index in [1.54, 1.807) is 6.07 Å². The van der Waals surface area contributed by atoms with E-state index in [0.29, 0.717) is 5.56 Å². The summed E-state index contributed by atoms with van der Waals surface area (Å²) in [4.78, 5) is 24.7. The van der Waals surface area contributed by atoms with E-state index in [2.05, 4.69) is 5.32 Å². The molecular weight excluding hydrogens is 314 g/mol. The van der Waals surface area contributed by atoms with Gasteiger partial charge in [0, 0.05) is 5.54 Å². The van der Waals surface area contributed by atoms with Crippen molar-refractivity contribution in [1.82, 2.24) is 5.32 Å². The van der Waals surface area contributed by atoms with Crippen LogP contribution in [-0.2, 0) is 9.53 Å². The molecule has 4 bridgehead atoms. The van der Waals surface area contributed by atoms with Crippen LogP contribution in [0, 0.1) is 31.6 Å². The van der Waals surface area contributed by atoms with Crippen LogP contribution in [0.1, 0.15) is 60.0 Å². The number of hydrogen-bond donors (Lipinski definition) is 1. The van der Waals surface area contributed by atoms with E-state index in [-0.39, 0.29) is 18.1 Å². The summed E-state index contributed by atoms with van der Waals surface area (Å²) in [5.41, 5.74) is 2.49. The van der Waals surface area contributed by atoms with Crippen molar-refractivity contribution < 1.29 is 14.3 Å². The molecule has 0 unspecified atom stereocenters. The molecule has 4 fully saturated rings. The third kappa shape index (κ3) is 3.31. The predicted octanol–water partition coefficient (Wildman–Crippen LogP) is 3.55. The number of amides is 1. The van der Waals surface area contributed by atoms with E-state index in [0.717, 1.165) is 48.1 Å². The smallest absolute Gasteiger partial charge is 0.338 e. The van der Waals surface area contributed by atoms with E-state index in [4.69, 9.17) is 4.74 Å². The number of carbonyl (C=O) groups excluding carboxylic acids is 2. The fourth-order valence-electron chi connectivity index (χ4n) is 5.85. The minimum atomic E-state index is -0.418. The van der Waals surface area contributed by atoms with E-state index >= 15 is 0 Å². The van der Waals surface area contributed by atoms with Crippen molar-refractivity contribution in [3.05, 3.63) is 34.9 Å². The number of ether oxygens (including phenoxy) is 1. The number of aryl methyl sites for hydroxylation is 2. The molecule has 0 saturated heterocycles. The molecule has 1 N–H and O–H groups in total. The van der Waals surface area contributed by atoms with E-state index in [1.807, 2.05) is 26.0 Å². The van der Waals surface area contributed by atoms with Gasteiger partial charge in [0.2, 0.25) is 0 Å². The summed E-state index contributed by atoms with van der Waals surface area (Å²) in [7, 11) is 0. The SMILES string of the molecule is Cc1ccc(C(=O)OCC(=O)NC23CC4CC(CC(C4)C2)C3)c(C)c1. The standard InChI is InChI=1S/C21H27NO3/c1-13-3-4-18(14(2)5-13)20(24)25-12-19(23)22-21-9-15-6-16(10-21)8-17(7-15)11-21/h3-5,15-17H,6-12H2,1-2H3,(H,22,23). The molecule has 0 aliphatic heterocycles. The van der Waals surface area contributed by atoms with Crippen molar-refractivity contribution in [3.8, 4) is 0 Å². The van der Waals surface area contributed by atoms with Gasteiger partial charge in [-0.25, -0.2) is 4.79 Å². The molecule has 134 valence electrons. The van der Waals surface area contributed by atoms with Crippen LogP contribution in [-0.4, -0.2) is 24.0 Å². The Hall–Kier alpha value is -1.84. The molecule has 0 heterocycles. The molecule has 0 spiro atoms. The Morgan fingerprint density at radius 3 is 2.24 bits per heavy atom. The number of carbonyl (C=O) groups is 2. The average Bonchev–Trinajstić information content (AvgIpc) is 2.50. The number of hydrogen-bond acceptors (Lipinski definition) is 3. The first-order valence-electron chi connectivity index (χ1n) is 9.48. The lowest BCUT2D eigenvalue weighted by Gasteiger charge is -2.56. The first-order valence-corrected chi connectivity index (χ1v) is 9.48. The highest BCUT2D eigenvalue weighted by atomic mass is 16.5. The molecule has 4 saturated carbocycles. The van der Waals surface area contributed by atoms with E-state index < -0.39 is 5.97 Å². The lowest BCUT2D eigenvalue weighted by atomic mass is 9.53. The van der Waals surface area contributed by atoms with Gasteiger partial charge >= 0.3 is 5.97 Å². The van der Waals surface area contributed by atoms with Gasteiger partial charge in [-0.1, -0.05) is 17.7 Å². The summed E-state index contributed by atoms with van der Waals surface area (Å²) in [6, 6.07) is 5.61. The Labute approximate surface area is 149 Å². The molecule has 4 nitrogen and oxygen atoms in total. The van der Waals surface area contributed by atoms with Crippen LogP contribution in [0.4, 0.5) is 0 Å². The van der Waals surface area contributed by atoms with Gasteiger partial charge in [0.25, 0.3) is 5.91 Å². The molecule has 4 heteroatoms. The fourth-order valence-corrected chi connectivity index (χ4v) is 5.85. The van der Waals surface area contributed by atoms with Gasteiger partial charge in [0.1, 0.15) is 0 Å². The van der Waals surface area contributed by atoms with Gasteiger partial charge in [0.15, 0.2) is 6.61 Å². The molecule has 4 aliphatic rings. The zero-order chi connectivity index (χ0) is 17.6. The monoisotopic (exact) mass is 341 g/mol. The highest BCUT2D eigenvalue weighted by Crippen LogP contribution is 2.55. The van der Waals surface area contributed by atoms with Crippen molar-refractivity contribution in [2.45, 2.75) is 57.9 Å². The molecule has 1 aromatic carbocycles. The van der Waals surface area contributed by atoms with Crippen molar-refractivity contribution in [3.63, 3.8) is 0 Å². The highest BCUT2D eigenvalue weighted by molar-refractivity contribution is 5.92.